The van der Waals surface area contributed by atoms with Crippen LogP contribution in [0.25, 0.3) is 0 Å². The Labute approximate surface area is 171 Å². The molecule has 0 spiro atoms. The van der Waals surface area contributed by atoms with Crippen molar-refractivity contribution in [3.05, 3.63) is 48.5 Å². The molecule has 0 aromatic heterocycles. The van der Waals surface area contributed by atoms with E-state index in [1.54, 1.807) is 19.2 Å². The zero-order valence-corrected chi connectivity index (χ0v) is 17.1. The summed E-state index contributed by atoms with van der Waals surface area (Å²) in [4.78, 5) is 28.4. The van der Waals surface area contributed by atoms with Crippen LogP contribution in [0.4, 0.5) is 17.1 Å². The van der Waals surface area contributed by atoms with Crippen LogP contribution < -0.4 is 20.3 Å². The van der Waals surface area contributed by atoms with Gasteiger partial charge in [0.05, 0.1) is 12.8 Å². The molecule has 1 aliphatic rings. The highest BCUT2D eigenvalue weighted by atomic mass is 16.5. The smallest absolute Gasteiger partial charge is 0.244 e. The summed E-state index contributed by atoms with van der Waals surface area (Å²) in [5.74, 6) is 0.450. The van der Waals surface area contributed by atoms with Crippen molar-refractivity contribution in [2.75, 3.05) is 48.8 Å². The third kappa shape index (κ3) is 5.19. The van der Waals surface area contributed by atoms with E-state index >= 15 is 0 Å². The first-order chi connectivity index (χ1) is 14.0. The van der Waals surface area contributed by atoms with Crippen molar-refractivity contribution in [2.45, 2.75) is 19.9 Å². The topological polar surface area (TPSA) is 73.9 Å². The second-order valence-corrected chi connectivity index (χ2v) is 7.11. The van der Waals surface area contributed by atoms with Crippen molar-refractivity contribution in [3.8, 4) is 5.75 Å². The van der Waals surface area contributed by atoms with Crippen LogP contribution >= 0.6 is 0 Å². The minimum absolute atomic E-state index is 0.0719. The van der Waals surface area contributed by atoms with Crippen molar-refractivity contribution in [1.29, 1.82) is 0 Å². The van der Waals surface area contributed by atoms with E-state index < -0.39 is 0 Å². The third-order valence-corrected chi connectivity index (χ3v) is 4.98. The minimum atomic E-state index is -0.366. The average molecular weight is 396 g/mol. The number of benzene rings is 2. The standard InChI is InChI=1S/C22H28N4O3/c1-16(23-18-9-10-20(24-17(2)27)21(15-18)29-3)22(28)26-13-11-25(12-14-26)19-7-5-4-6-8-19/h4-10,15-16,23H,11-14H2,1-3H3,(H,24,27). The number of hydrogen-bond acceptors (Lipinski definition) is 5. The summed E-state index contributed by atoms with van der Waals surface area (Å²) >= 11 is 0. The van der Waals surface area contributed by atoms with Crippen LogP contribution in [0.15, 0.2) is 48.5 Å². The number of nitrogens with zero attached hydrogens (tertiary/aromatic N) is 2. The maximum absolute atomic E-state index is 12.9. The summed E-state index contributed by atoms with van der Waals surface area (Å²) in [6.07, 6.45) is 0. The molecule has 0 aliphatic carbocycles. The lowest BCUT2D eigenvalue weighted by atomic mass is 10.2. The summed E-state index contributed by atoms with van der Waals surface area (Å²) in [6, 6.07) is 15.3. The third-order valence-electron chi connectivity index (χ3n) is 4.98. The Morgan fingerprint density at radius 3 is 2.34 bits per heavy atom. The van der Waals surface area contributed by atoms with E-state index in [9.17, 15) is 9.59 Å². The molecule has 3 rings (SSSR count). The van der Waals surface area contributed by atoms with E-state index in [4.69, 9.17) is 4.74 Å². The van der Waals surface area contributed by atoms with Gasteiger partial charge in [-0.3, -0.25) is 9.59 Å². The van der Waals surface area contributed by atoms with Crippen molar-refractivity contribution in [1.82, 2.24) is 4.90 Å². The molecule has 2 aromatic carbocycles. The van der Waals surface area contributed by atoms with Crippen LogP contribution in [-0.2, 0) is 9.59 Å². The first kappa shape index (κ1) is 20.5. The van der Waals surface area contributed by atoms with Gasteiger partial charge >= 0.3 is 0 Å². The highest BCUT2D eigenvalue weighted by Gasteiger charge is 2.25. The number of carbonyl (C=O) groups is 2. The van der Waals surface area contributed by atoms with Crippen LogP contribution in [0.1, 0.15) is 13.8 Å². The van der Waals surface area contributed by atoms with E-state index in [-0.39, 0.29) is 17.9 Å². The predicted octanol–water partition coefficient (Wildman–Crippen LogP) is 2.80. The Balaban J connectivity index is 1.57. The van der Waals surface area contributed by atoms with Crippen molar-refractivity contribution < 1.29 is 14.3 Å². The second-order valence-electron chi connectivity index (χ2n) is 7.11. The monoisotopic (exact) mass is 396 g/mol. The number of nitrogens with one attached hydrogen (secondary N) is 2. The van der Waals surface area contributed by atoms with Gasteiger partial charge in [-0.05, 0) is 31.2 Å². The zero-order chi connectivity index (χ0) is 20.8. The molecular weight excluding hydrogens is 368 g/mol. The molecule has 0 radical (unpaired) electrons. The molecule has 2 N–H and O–H groups in total. The lowest BCUT2D eigenvalue weighted by Gasteiger charge is -2.37. The van der Waals surface area contributed by atoms with Gasteiger partial charge < -0.3 is 25.2 Å². The summed E-state index contributed by atoms with van der Waals surface area (Å²) in [5, 5.41) is 5.96. The van der Waals surface area contributed by atoms with Gasteiger partial charge in [-0.25, -0.2) is 0 Å². The quantitative estimate of drug-likeness (QED) is 0.786. The largest absolute Gasteiger partial charge is 0.494 e. The Bertz CT molecular complexity index is 848. The fraction of sp³-hybridized carbons (Fsp3) is 0.364. The Morgan fingerprint density at radius 2 is 1.72 bits per heavy atom. The van der Waals surface area contributed by atoms with Crippen molar-refractivity contribution in [3.63, 3.8) is 0 Å². The van der Waals surface area contributed by atoms with Gasteiger partial charge in [0, 0.05) is 50.5 Å². The highest BCUT2D eigenvalue weighted by Crippen LogP contribution is 2.28. The first-order valence-corrected chi connectivity index (χ1v) is 9.79. The highest BCUT2D eigenvalue weighted by molar-refractivity contribution is 5.91. The molecular formula is C22H28N4O3. The van der Waals surface area contributed by atoms with Gasteiger partial charge in [-0.2, -0.15) is 0 Å². The fourth-order valence-corrected chi connectivity index (χ4v) is 3.48. The van der Waals surface area contributed by atoms with E-state index in [0.717, 1.165) is 18.8 Å². The van der Waals surface area contributed by atoms with E-state index in [1.807, 2.05) is 36.1 Å². The molecule has 1 saturated heterocycles. The molecule has 0 saturated carbocycles. The number of piperazine rings is 1. The molecule has 2 amide bonds. The van der Waals surface area contributed by atoms with Gasteiger partial charge in [0.1, 0.15) is 11.8 Å². The molecule has 1 heterocycles. The number of rotatable bonds is 6. The first-order valence-electron chi connectivity index (χ1n) is 9.79. The molecule has 7 heteroatoms. The molecule has 1 fully saturated rings. The molecule has 0 bridgehead atoms. The number of methoxy groups -OCH3 is 1. The van der Waals surface area contributed by atoms with E-state index in [0.29, 0.717) is 24.5 Å². The van der Waals surface area contributed by atoms with E-state index in [1.165, 1.54) is 12.6 Å². The van der Waals surface area contributed by atoms with Crippen LogP contribution in [0.3, 0.4) is 0 Å². The van der Waals surface area contributed by atoms with Gasteiger partial charge in [-0.1, -0.05) is 18.2 Å². The predicted molar refractivity (Wildman–Crippen MR) is 116 cm³/mol. The number of para-hydroxylation sites is 1. The van der Waals surface area contributed by atoms with Crippen LogP contribution in [0.5, 0.6) is 5.75 Å². The maximum atomic E-state index is 12.9. The molecule has 154 valence electrons. The van der Waals surface area contributed by atoms with Gasteiger partial charge in [0.2, 0.25) is 11.8 Å². The Hall–Kier alpha value is -3.22. The fourth-order valence-electron chi connectivity index (χ4n) is 3.48. The summed E-state index contributed by atoms with van der Waals surface area (Å²) in [5.41, 5.74) is 2.55. The zero-order valence-electron chi connectivity index (χ0n) is 17.1. The lowest BCUT2D eigenvalue weighted by molar-refractivity contribution is -0.132. The average Bonchev–Trinajstić information content (AvgIpc) is 2.74. The molecule has 1 aliphatic heterocycles. The van der Waals surface area contributed by atoms with Crippen LogP contribution in [0.2, 0.25) is 0 Å². The number of hydrogen-bond donors (Lipinski definition) is 2. The van der Waals surface area contributed by atoms with Crippen LogP contribution in [0, 0.1) is 0 Å². The van der Waals surface area contributed by atoms with E-state index in [2.05, 4.69) is 27.7 Å². The maximum Gasteiger partial charge on any atom is 0.244 e. The molecule has 1 atom stereocenters. The molecule has 29 heavy (non-hydrogen) atoms. The van der Waals surface area contributed by atoms with Crippen LogP contribution in [-0.4, -0.2) is 56.0 Å². The number of ether oxygens (including phenoxy) is 1. The summed E-state index contributed by atoms with van der Waals surface area (Å²) in [6.45, 7) is 6.35. The summed E-state index contributed by atoms with van der Waals surface area (Å²) in [7, 11) is 1.55. The second kappa shape index (κ2) is 9.32. The molecule has 2 aromatic rings. The molecule has 1 unspecified atom stereocenters. The lowest BCUT2D eigenvalue weighted by Crippen LogP contribution is -2.52. The normalized spacial score (nSPS) is 14.9. The Morgan fingerprint density at radius 1 is 1.03 bits per heavy atom. The van der Waals surface area contributed by atoms with Crippen molar-refractivity contribution >= 4 is 28.9 Å². The Kier molecular flexibility index (Phi) is 6.59. The van der Waals surface area contributed by atoms with Gasteiger partial charge in [0.15, 0.2) is 0 Å². The number of carbonyl (C=O) groups excluding carboxylic acids is 2. The van der Waals surface area contributed by atoms with Crippen molar-refractivity contribution in [2.24, 2.45) is 0 Å². The van der Waals surface area contributed by atoms with Gasteiger partial charge in [-0.15, -0.1) is 0 Å². The van der Waals surface area contributed by atoms with Gasteiger partial charge in [0.25, 0.3) is 0 Å². The SMILES string of the molecule is COc1cc(NC(C)C(=O)N2CCN(c3ccccc3)CC2)ccc1NC(C)=O. The number of anilines is 3. The molecule has 7 nitrogen and oxygen atoms in total. The summed E-state index contributed by atoms with van der Waals surface area (Å²) < 4.78 is 5.34. The minimum Gasteiger partial charge on any atom is -0.494 e. The number of amides is 2.